The van der Waals surface area contributed by atoms with Crippen molar-refractivity contribution in [2.75, 3.05) is 6.54 Å². The van der Waals surface area contributed by atoms with Crippen molar-refractivity contribution in [3.05, 3.63) is 70.0 Å². The average molecular weight is 329 g/mol. The Balaban J connectivity index is 1.94. The number of hydrogen-bond donors (Lipinski definition) is 0. The molecule has 1 saturated heterocycles. The van der Waals surface area contributed by atoms with Crippen LogP contribution >= 0.6 is 11.6 Å². The fourth-order valence-corrected chi connectivity index (χ4v) is 3.18. The summed E-state index contributed by atoms with van der Waals surface area (Å²) in [5.41, 5.74) is 1.48. The molecule has 0 aromatic heterocycles. The first-order valence-corrected chi connectivity index (χ1v) is 7.74. The first-order chi connectivity index (χ1) is 11.1. The van der Waals surface area contributed by atoms with Crippen LogP contribution in [0.4, 0.5) is 4.39 Å². The third-order valence-corrected chi connectivity index (χ3v) is 4.40. The maximum absolute atomic E-state index is 13.5. The van der Waals surface area contributed by atoms with E-state index < -0.39 is 0 Å². The molecule has 0 saturated carbocycles. The number of nitriles is 1. The number of carbonyl (C=O) groups is 1. The van der Waals surface area contributed by atoms with Crippen molar-refractivity contribution >= 4 is 17.5 Å². The van der Waals surface area contributed by atoms with E-state index in [0.29, 0.717) is 22.7 Å². The SMILES string of the molecule is N#Cc1ccc(Cl)c(C(=O)N2CCCC2c2cccc(F)c2)c1. The van der Waals surface area contributed by atoms with E-state index in [0.717, 1.165) is 18.4 Å². The highest BCUT2D eigenvalue weighted by Crippen LogP contribution is 2.34. The van der Waals surface area contributed by atoms with Crippen LogP contribution in [0.25, 0.3) is 0 Å². The van der Waals surface area contributed by atoms with Gasteiger partial charge in [-0.25, -0.2) is 4.39 Å². The summed E-state index contributed by atoms with van der Waals surface area (Å²) in [6, 6.07) is 12.8. The maximum atomic E-state index is 13.5. The van der Waals surface area contributed by atoms with Crippen LogP contribution in [0, 0.1) is 17.1 Å². The zero-order valence-corrected chi connectivity index (χ0v) is 13.1. The van der Waals surface area contributed by atoms with Crippen LogP contribution in [-0.2, 0) is 0 Å². The minimum Gasteiger partial charge on any atom is -0.332 e. The number of amides is 1. The van der Waals surface area contributed by atoms with Crippen molar-refractivity contribution in [2.45, 2.75) is 18.9 Å². The molecule has 0 N–H and O–H groups in total. The van der Waals surface area contributed by atoms with E-state index in [1.54, 1.807) is 23.1 Å². The number of rotatable bonds is 2. The predicted octanol–water partition coefficient (Wildman–Crippen LogP) is 4.33. The lowest BCUT2D eigenvalue weighted by Gasteiger charge is -2.25. The van der Waals surface area contributed by atoms with Gasteiger partial charge in [-0.1, -0.05) is 23.7 Å². The lowest BCUT2D eigenvalue weighted by molar-refractivity contribution is 0.0735. The predicted molar refractivity (Wildman–Crippen MR) is 85.6 cm³/mol. The Bertz CT molecular complexity index is 800. The summed E-state index contributed by atoms with van der Waals surface area (Å²) in [5, 5.41) is 9.32. The maximum Gasteiger partial charge on any atom is 0.255 e. The topological polar surface area (TPSA) is 44.1 Å². The van der Waals surface area contributed by atoms with Crippen LogP contribution in [0.1, 0.15) is 40.4 Å². The molecule has 3 rings (SSSR count). The molecular formula is C18H14ClFN2O. The van der Waals surface area contributed by atoms with Crippen molar-refractivity contribution in [3.63, 3.8) is 0 Å². The van der Waals surface area contributed by atoms with Crippen molar-refractivity contribution in [1.82, 2.24) is 4.90 Å². The van der Waals surface area contributed by atoms with Gasteiger partial charge >= 0.3 is 0 Å². The molecular weight excluding hydrogens is 315 g/mol. The fourth-order valence-electron chi connectivity index (χ4n) is 2.98. The van der Waals surface area contributed by atoms with Gasteiger partial charge in [-0.15, -0.1) is 0 Å². The quantitative estimate of drug-likeness (QED) is 0.823. The molecule has 3 nitrogen and oxygen atoms in total. The van der Waals surface area contributed by atoms with Crippen LogP contribution in [0.15, 0.2) is 42.5 Å². The van der Waals surface area contributed by atoms with Gasteiger partial charge in [-0.05, 0) is 48.7 Å². The van der Waals surface area contributed by atoms with Gasteiger partial charge in [0.2, 0.25) is 0 Å². The first-order valence-electron chi connectivity index (χ1n) is 7.36. The Labute approximate surface area is 138 Å². The zero-order chi connectivity index (χ0) is 16.4. The van der Waals surface area contributed by atoms with E-state index >= 15 is 0 Å². The summed E-state index contributed by atoms with van der Waals surface area (Å²) in [6.07, 6.45) is 1.63. The summed E-state index contributed by atoms with van der Waals surface area (Å²) < 4.78 is 13.5. The van der Waals surface area contributed by atoms with Crippen molar-refractivity contribution in [2.24, 2.45) is 0 Å². The van der Waals surface area contributed by atoms with Crippen LogP contribution in [0.2, 0.25) is 5.02 Å². The second-order valence-corrected chi connectivity index (χ2v) is 5.93. The molecule has 1 heterocycles. The molecule has 1 atom stereocenters. The number of halogens is 2. The molecule has 1 unspecified atom stereocenters. The van der Waals surface area contributed by atoms with Crippen molar-refractivity contribution in [1.29, 1.82) is 5.26 Å². The van der Waals surface area contributed by atoms with Gasteiger partial charge in [-0.3, -0.25) is 4.79 Å². The molecule has 0 aliphatic carbocycles. The Morgan fingerprint density at radius 3 is 2.87 bits per heavy atom. The van der Waals surface area contributed by atoms with E-state index in [4.69, 9.17) is 16.9 Å². The van der Waals surface area contributed by atoms with Crippen LogP contribution in [0.5, 0.6) is 0 Å². The minimum atomic E-state index is -0.314. The molecule has 0 bridgehead atoms. The standard InChI is InChI=1S/C18H14ClFN2O/c19-16-7-6-12(11-21)9-15(16)18(23)22-8-2-5-17(22)13-3-1-4-14(20)10-13/h1,3-4,6-7,9-10,17H,2,5,8H2. The lowest BCUT2D eigenvalue weighted by Crippen LogP contribution is -2.30. The molecule has 5 heteroatoms. The highest BCUT2D eigenvalue weighted by atomic mass is 35.5. The summed E-state index contributed by atoms with van der Waals surface area (Å²) >= 11 is 6.13. The van der Waals surface area contributed by atoms with Gasteiger partial charge in [0.15, 0.2) is 0 Å². The summed E-state index contributed by atoms with van der Waals surface area (Å²) in [4.78, 5) is 14.5. The number of likely N-dealkylation sites (tertiary alicyclic amines) is 1. The largest absolute Gasteiger partial charge is 0.332 e. The molecule has 1 aliphatic rings. The van der Waals surface area contributed by atoms with Crippen LogP contribution in [-0.4, -0.2) is 17.4 Å². The van der Waals surface area contributed by atoms with Gasteiger partial charge in [0.05, 0.1) is 28.3 Å². The lowest BCUT2D eigenvalue weighted by atomic mass is 10.0. The second-order valence-electron chi connectivity index (χ2n) is 5.52. The molecule has 1 amide bonds. The molecule has 1 fully saturated rings. The smallest absolute Gasteiger partial charge is 0.255 e. The molecule has 2 aromatic rings. The summed E-state index contributed by atoms with van der Waals surface area (Å²) in [5.74, 6) is -0.537. The van der Waals surface area contributed by atoms with Gasteiger partial charge in [0.1, 0.15) is 5.82 Å². The molecule has 23 heavy (non-hydrogen) atoms. The summed E-state index contributed by atoms with van der Waals surface area (Å²) in [6.45, 7) is 0.590. The van der Waals surface area contributed by atoms with E-state index in [-0.39, 0.29) is 17.8 Å². The summed E-state index contributed by atoms with van der Waals surface area (Å²) in [7, 11) is 0. The average Bonchev–Trinajstić information content (AvgIpc) is 3.04. The zero-order valence-electron chi connectivity index (χ0n) is 12.3. The molecule has 116 valence electrons. The first kappa shape index (κ1) is 15.5. The van der Waals surface area contributed by atoms with Gasteiger partial charge < -0.3 is 4.90 Å². The Morgan fingerprint density at radius 2 is 2.13 bits per heavy atom. The third kappa shape index (κ3) is 3.06. The molecule has 0 spiro atoms. The highest BCUT2D eigenvalue weighted by molar-refractivity contribution is 6.33. The molecule has 1 aliphatic heterocycles. The molecule has 0 radical (unpaired) electrons. The number of benzene rings is 2. The van der Waals surface area contributed by atoms with Gasteiger partial charge in [0, 0.05) is 6.54 Å². The van der Waals surface area contributed by atoms with E-state index in [1.807, 2.05) is 12.1 Å². The third-order valence-electron chi connectivity index (χ3n) is 4.07. The van der Waals surface area contributed by atoms with E-state index in [1.165, 1.54) is 18.2 Å². The van der Waals surface area contributed by atoms with Crippen LogP contribution in [0.3, 0.4) is 0 Å². The Hall–Kier alpha value is -2.38. The Morgan fingerprint density at radius 1 is 1.30 bits per heavy atom. The second kappa shape index (κ2) is 6.39. The van der Waals surface area contributed by atoms with Crippen molar-refractivity contribution in [3.8, 4) is 6.07 Å². The van der Waals surface area contributed by atoms with E-state index in [9.17, 15) is 9.18 Å². The fraction of sp³-hybridized carbons (Fsp3) is 0.222. The van der Waals surface area contributed by atoms with Crippen molar-refractivity contribution < 1.29 is 9.18 Å². The van der Waals surface area contributed by atoms with E-state index in [2.05, 4.69) is 0 Å². The number of nitrogens with zero attached hydrogens (tertiary/aromatic N) is 2. The Kier molecular flexibility index (Phi) is 4.31. The van der Waals surface area contributed by atoms with Gasteiger partial charge in [-0.2, -0.15) is 5.26 Å². The van der Waals surface area contributed by atoms with Crippen LogP contribution < -0.4 is 0 Å². The number of carbonyl (C=O) groups excluding carboxylic acids is 1. The highest BCUT2D eigenvalue weighted by Gasteiger charge is 2.31. The van der Waals surface area contributed by atoms with Gasteiger partial charge in [0.25, 0.3) is 5.91 Å². The molecule has 2 aromatic carbocycles. The number of hydrogen-bond acceptors (Lipinski definition) is 2. The minimum absolute atomic E-state index is 0.167. The monoisotopic (exact) mass is 328 g/mol. The normalized spacial score (nSPS) is 17.1.